The van der Waals surface area contributed by atoms with Crippen molar-refractivity contribution in [1.82, 2.24) is 9.97 Å². The standard InChI is InChI=1S/C19H18ClN5O2/c20-12-6-4-5-11(9-12)14-13(10-21)17(26)22-16-15(14)18(27)24-19(23-16)25-7-2-1-3-8-25/h4-6,9,13-14H,1-3,7-8H2,(H2,22,23,24,26,27). The van der Waals surface area contributed by atoms with E-state index in [1.807, 2.05) is 11.0 Å². The molecule has 0 saturated carbocycles. The predicted molar refractivity (Wildman–Crippen MR) is 102 cm³/mol. The molecule has 7 nitrogen and oxygen atoms in total. The topological polar surface area (TPSA) is 102 Å². The van der Waals surface area contributed by atoms with Crippen molar-refractivity contribution >= 4 is 29.3 Å². The number of aromatic amines is 1. The minimum absolute atomic E-state index is 0.223. The summed E-state index contributed by atoms with van der Waals surface area (Å²) in [6.45, 7) is 1.63. The number of anilines is 2. The van der Waals surface area contributed by atoms with Crippen LogP contribution in [0.3, 0.4) is 0 Å². The number of carbonyl (C=O) groups excluding carboxylic acids is 1. The zero-order valence-electron chi connectivity index (χ0n) is 14.5. The van der Waals surface area contributed by atoms with Crippen molar-refractivity contribution in [2.75, 3.05) is 23.3 Å². The van der Waals surface area contributed by atoms with E-state index < -0.39 is 17.7 Å². The number of halogens is 1. The first-order chi connectivity index (χ1) is 13.1. The summed E-state index contributed by atoms with van der Waals surface area (Å²) in [7, 11) is 0. The first kappa shape index (κ1) is 17.6. The third-order valence-corrected chi connectivity index (χ3v) is 5.35. The maximum absolute atomic E-state index is 12.9. The van der Waals surface area contributed by atoms with E-state index in [0.717, 1.165) is 32.4 Å². The van der Waals surface area contributed by atoms with E-state index in [1.165, 1.54) is 0 Å². The number of amides is 1. The summed E-state index contributed by atoms with van der Waals surface area (Å²) in [5.74, 6) is -1.53. The molecule has 138 valence electrons. The van der Waals surface area contributed by atoms with Crippen LogP contribution in [0.5, 0.6) is 0 Å². The molecule has 1 saturated heterocycles. The SMILES string of the molecule is N#CC1C(=O)Nc2nc(N3CCCCC3)[nH]c(=O)c2C1c1cccc(Cl)c1. The lowest BCUT2D eigenvalue weighted by Gasteiger charge is -2.31. The smallest absolute Gasteiger partial charge is 0.258 e. The average Bonchev–Trinajstić information content (AvgIpc) is 2.67. The van der Waals surface area contributed by atoms with Crippen molar-refractivity contribution in [2.24, 2.45) is 5.92 Å². The van der Waals surface area contributed by atoms with Crippen LogP contribution in [0, 0.1) is 17.2 Å². The lowest BCUT2D eigenvalue weighted by atomic mass is 9.79. The quantitative estimate of drug-likeness (QED) is 0.830. The lowest BCUT2D eigenvalue weighted by molar-refractivity contribution is -0.119. The van der Waals surface area contributed by atoms with Crippen molar-refractivity contribution < 1.29 is 4.79 Å². The van der Waals surface area contributed by atoms with Gasteiger partial charge in [-0.3, -0.25) is 14.6 Å². The number of fused-ring (bicyclic) bond motifs is 1. The fourth-order valence-corrected chi connectivity index (χ4v) is 4.01. The number of nitrogens with one attached hydrogen (secondary N) is 2. The van der Waals surface area contributed by atoms with E-state index in [9.17, 15) is 14.9 Å². The first-order valence-electron chi connectivity index (χ1n) is 8.93. The summed E-state index contributed by atoms with van der Waals surface area (Å²) in [6, 6.07) is 8.91. The molecule has 1 aromatic heterocycles. The average molecular weight is 384 g/mol. The molecular weight excluding hydrogens is 366 g/mol. The number of carbonyl (C=O) groups is 1. The van der Waals surface area contributed by atoms with Gasteiger partial charge in [-0.2, -0.15) is 10.2 Å². The number of aromatic nitrogens is 2. The van der Waals surface area contributed by atoms with Gasteiger partial charge in [-0.25, -0.2) is 0 Å². The number of nitriles is 1. The molecule has 2 atom stereocenters. The second-order valence-corrected chi connectivity index (χ2v) is 7.26. The summed E-state index contributed by atoms with van der Waals surface area (Å²) in [5, 5.41) is 12.7. The summed E-state index contributed by atoms with van der Waals surface area (Å²) in [5.41, 5.74) is 0.596. The Labute approximate surface area is 161 Å². The van der Waals surface area contributed by atoms with Gasteiger partial charge in [0.25, 0.3) is 5.56 Å². The van der Waals surface area contributed by atoms with Gasteiger partial charge in [0, 0.05) is 24.0 Å². The van der Waals surface area contributed by atoms with E-state index >= 15 is 0 Å². The summed E-state index contributed by atoms with van der Waals surface area (Å²) in [6.07, 6.45) is 3.23. The summed E-state index contributed by atoms with van der Waals surface area (Å²) < 4.78 is 0. The predicted octanol–water partition coefficient (Wildman–Crippen LogP) is 2.64. The summed E-state index contributed by atoms with van der Waals surface area (Å²) >= 11 is 6.09. The van der Waals surface area contributed by atoms with E-state index in [2.05, 4.69) is 15.3 Å². The van der Waals surface area contributed by atoms with Gasteiger partial charge in [0.05, 0.1) is 11.6 Å². The Morgan fingerprint density at radius 3 is 2.70 bits per heavy atom. The van der Waals surface area contributed by atoms with Crippen LogP contribution in [0.1, 0.15) is 36.3 Å². The second kappa shape index (κ2) is 7.05. The van der Waals surface area contributed by atoms with Gasteiger partial charge in [-0.15, -0.1) is 0 Å². The molecule has 0 bridgehead atoms. The number of rotatable bonds is 2. The summed E-state index contributed by atoms with van der Waals surface area (Å²) in [4.78, 5) is 34.8. The molecule has 2 aliphatic rings. The van der Waals surface area contributed by atoms with Gasteiger partial charge in [0.2, 0.25) is 11.9 Å². The van der Waals surface area contributed by atoms with Crippen LogP contribution < -0.4 is 15.8 Å². The highest BCUT2D eigenvalue weighted by Gasteiger charge is 2.40. The van der Waals surface area contributed by atoms with Crippen molar-refractivity contribution in [3.8, 4) is 6.07 Å². The molecule has 2 unspecified atom stereocenters. The molecule has 27 heavy (non-hydrogen) atoms. The normalized spacial score (nSPS) is 21.9. The van der Waals surface area contributed by atoms with Crippen LogP contribution in [0.15, 0.2) is 29.1 Å². The second-order valence-electron chi connectivity index (χ2n) is 6.83. The van der Waals surface area contributed by atoms with Gasteiger partial charge in [0.1, 0.15) is 11.7 Å². The molecule has 1 fully saturated rings. The van der Waals surface area contributed by atoms with E-state index in [0.29, 0.717) is 22.1 Å². The maximum Gasteiger partial charge on any atom is 0.258 e. The highest BCUT2D eigenvalue weighted by molar-refractivity contribution is 6.30. The Bertz CT molecular complexity index is 990. The number of H-pyrrole nitrogens is 1. The largest absolute Gasteiger partial charge is 0.342 e. The Hall–Kier alpha value is -2.85. The number of hydrogen-bond acceptors (Lipinski definition) is 5. The third-order valence-electron chi connectivity index (χ3n) is 5.11. The van der Waals surface area contributed by atoms with E-state index in [1.54, 1.807) is 24.3 Å². The molecule has 2 aliphatic heterocycles. The first-order valence-corrected chi connectivity index (χ1v) is 9.31. The Kier molecular flexibility index (Phi) is 4.58. The fourth-order valence-electron chi connectivity index (χ4n) is 3.81. The highest BCUT2D eigenvalue weighted by atomic mass is 35.5. The number of nitrogens with zero attached hydrogens (tertiary/aromatic N) is 3. The van der Waals surface area contributed by atoms with Gasteiger partial charge >= 0.3 is 0 Å². The molecule has 3 heterocycles. The molecule has 4 rings (SSSR count). The highest BCUT2D eigenvalue weighted by Crippen LogP contribution is 2.38. The molecule has 0 spiro atoms. The molecule has 0 radical (unpaired) electrons. The minimum atomic E-state index is -1.03. The lowest BCUT2D eigenvalue weighted by Crippen LogP contribution is -2.40. The van der Waals surface area contributed by atoms with Crippen molar-refractivity contribution in [3.05, 3.63) is 50.8 Å². The number of piperidine rings is 1. The molecule has 8 heteroatoms. The van der Waals surface area contributed by atoms with Crippen LogP contribution in [0.2, 0.25) is 5.02 Å². The van der Waals surface area contributed by atoms with Crippen molar-refractivity contribution in [2.45, 2.75) is 25.2 Å². The van der Waals surface area contributed by atoms with Crippen LogP contribution in [0.4, 0.5) is 11.8 Å². The Morgan fingerprint density at radius 1 is 1.22 bits per heavy atom. The zero-order valence-corrected chi connectivity index (χ0v) is 15.3. The third kappa shape index (κ3) is 3.17. The number of benzene rings is 1. The van der Waals surface area contributed by atoms with Gasteiger partial charge in [-0.05, 0) is 37.0 Å². The maximum atomic E-state index is 12.9. The molecule has 1 aromatic carbocycles. The molecule has 0 aliphatic carbocycles. The van der Waals surface area contributed by atoms with Gasteiger partial charge in [0.15, 0.2) is 0 Å². The van der Waals surface area contributed by atoms with Gasteiger partial charge < -0.3 is 10.2 Å². The van der Waals surface area contributed by atoms with Gasteiger partial charge in [-0.1, -0.05) is 23.7 Å². The zero-order chi connectivity index (χ0) is 19.0. The monoisotopic (exact) mass is 383 g/mol. The van der Waals surface area contributed by atoms with Crippen LogP contribution in [0.25, 0.3) is 0 Å². The molecule has 2 aromatic rings. The van der Waals surface area contributed by atoms with E-state index in [4.69, 9.17) is 11.6 Å². The minimum Gasteiger partial charge on any atom is -0.342 e. The van der Waals surface area contributed by atoms with E-state index in [-0.39, 0.29) is 11.4 Å². The van der Waals surface area contributed by atoms with Crippen LogP contribution in [-0.2, 0) is 4.79 Å². The number of hydrogen-bond donors (Lipinski definition) is 2. The molecular formula is C19H18ClN5O2. The fraction of sp³-hybridized carbons (Fsp3) is 0.368. The van der Waals surface area contributed by atoms with Crippen LogP contribution in [-0.4, -0.2) is 29.0 Å². The van der Waals surface area contributed by atoms with Crippen molar-refractivity contribution in [1.29, 1.82) is 5.26 Å². The van der Waals surface area contributed by atoms with Crippen LogP contribution >= 0.6 is 11.6 Å². The Morgan fingerprint density at radius 2 is 2.00 bits per heavy atom. The molecule has 2 N–H and O–H groups in total. The molecule has 1 amide bonds. The Balaban J connectivity index is 1.85. The van der Waals surface area contributed by atoms with Crippen molar-refractivity contribution in [3.63, 3.8) is 0 Å².